The third-order valence-electron chi connectivity index (χ3n) is 1.77. The van der Waals surface area contributed by atoms with Crippen LogP contribution in [0.4, 0.5) is 0 Å². The largest absolute Gasteiger partial charge is 0.457 e. The Morgan fingerprint density at radius 3 is 2.93 bits per heavy atom. The number of carbonyl (C=O) groups is 1. The molecule has 1 aromatic rings. The number of nitrogens with zero attached hydrogens (tertiary/aromatic N) is 1. The number of amides is 1. The van der Waals surface area contributed by atoms with Crippen LogP contribution in [0.5, 0.6) is 0 Å². The van der Waals surface area contributed by atoms with E-state index in [-0.39, 0.29) is 11.7 Å². The molecule has 7 heteroatoms. The summed E-state index contributed by atoms with van der Waals surface area (Å²) in [5.74, 6) is -0.433. The van der Waals surface area contributed by atoms with Gasteiger partial charge in [-0.3, -0.25) is 4.79 Å². The lowest BCUT2D eigenvalue weighted by molar-refractivity contribution is 0.0947. The monoisotopic (exact) mass is 275 g/mol. The maximum Gasteiger partial charge on any atom is 0.256 e. The second-order valence-electron chi connectivity index (χ2n) is 2.83. The normalized spacial score (nSPS) is 13.6. The second kappa shape index (κ2) is 4.83. The third kappa shape index (κ3) is 2.72. The first-order valence-corrected chi connectivity index (χ1v) is 4.86. The molecule has 82 valence electrons. The molecule has 0 aliphatic heterocycles. The molecule has 0 fully saturated rings. The van der Waals surface area contributed by atoms with E-state index in [1.165, 1.54) is 12.3 Å². The van der Waals surface area contributed by atoms with E-state index in [0.717, 1.165) is 0 Å². The molecule has 0 saturated carbocycles. The van der Waals surface area contributed by atoms with Crippen LogP contribution in [0.25, 0.3) is 0 Å². The molecule has 0 radical (unpaired) electrons. The predicted molar refractivity (Wildman–Crippen MR) is 56.7 cm³/mol. The Kier molecular flexibility index (Phi) is 3.73. The summed E-state index contributed by atoms with van der Waals surface area (Å²) < 4.78 is 5.24. The standard InChI is InChI=1S/C8H10BrN3O3/c1-4(7(10)12-14)11-8(13)5-2-3-15-6(5)9/h2-4,14H,1H3,(H2,10,12)(H,11,13). The Morgan fingerprint density at radius 2 is 2.47 bits per heavy atom. The zero-order valence-corrected chi connectivity index (χ0v) is 9.48. The van der Waals surface area contributed by atoms with Crippen molar-refractivity contribution in [1.29, 1.82) is 0 Å². The topological polar surface area (TPSA) is 101 Å². The zero-order valence-electron chi connectivity index (χ0n) is 7.90. The Balaban J connectivity index is 2.69. The summed E-state index contributed by atoms with van der Waals surface area (Å²) in [6.45, 7) is 1.60. The molecule has 0 spiro atoms. The van der Waals surface area contributed by atoms with Crippen LogP contribution < -0.4 is 11.1 Å². The van der Waals surface area contributed by atoms with Gasteiger partial charge in [0.25, 0.3) is 5.91 Å². The van der Waals surface area contributed by atoms with Gasteiger partial charge in [-0.05, 0) is 28.9 Å². The Hall–Kier alpha value is -1.50. The maximum atomic E-state index is 11.6. The van der Waals surface area contributed by atoms with Crippen molar-refractivity contribution in [3.63, 3.8) is 0 Å². The van der Waals surface area contributed by atoms with E-state index in [0.29, 0.717) is 10.2 Å². The number of oxime groups is 1. The van der Waals surface area contributed by atoms with Crippen LogP contribution in [0.3, 0.4) is 0 Å². The lowest BCUT2D eigenvalue weighted by Crippen LogP contribution is -2.42. The first-order valence-electron chi connectivity index (χ1n) is 4.07. The van der Waals surface area contributed by atoms with Gasteiger partial charge in [-0.25, -0.2) is 0 Å². The van der Waals surface area contributed by atoms with Crippen LogP contribution in [0.2, 0.25) is 0 Å². The van der Waals surface area contributed by atoms with Crippen molar-refractivity contribution < 1.29 is 14.4 Å². The number of nitrogens with two attached hydrogens (primary N) is 1. The van der Waals surface area contributed by atoms with Crippen LogP contribution >= 0.6 is 15.9 Å². The molecule has 0 aromatic carbocycles. The summed E-state index contributed by atoms with van der Waals surface area (Å²) in [5.41, 5.74) is 5.66. The van der Waals surface area contributed by atoms with E-state index in [1.807, 2.05) is 0 Å². The summed E-state index contributed by atoms with van der Waals surface area (Å²) in [5, 5.41) is 13.7. The molecule has 6 nitrogen and oxygen atoms in total. The molecular weight excluding hydrogens is 266 g/mol. The highest BCUT2D eigenvalue weighted by Gasteiger charge is 2.16. The molecular formula is C8H10BrN3O3. The molecule has 0 aliphatic rings. The highest BCUT2D eigenvalue weighted by Crippen LogP contribution is 2.17. The lowest BCUT2D eigenvalue weighted by Gasteiger charge is -2.10. The van der Waals surface area contributed by atoms with Crippen molar-refractivity contribution in [2.24, 2.45) is 10.9 Å². The number of hydrogen-bond donors (Lipinski definition) is 3. The summed E-state index contributed by atoms with van der Waals surface area (Å²) in [7, 11) is 0. The number of furan rings is 1. The zero-order chi connectivity index (χ0) is 11.4. The van der Waals surface area contributed by atoms with Crippen LogP contribution in [0.1, 0.15) is 17.3 Å². The molecule has 1 heterocycles. The third-order valence-corrected chi connectivity index (χ3v) is 2.38. The smallest absolute Gasteiger partial charge is 0.256 e. The Labute approximate surface area is 94.2 Å². The van der Waals surface area contributed by atoms with Gasteiger partial charge in [0.1, 0.15) is 0 Å². The van der Waals surface area contributed by atoms with Gasteiger partial charge >= 0.3 is 0 Å². The molecule has 0 saturated heterocycles. The van der Waals surface area contributed by atoms with Gasteiger partial charge in [-0.2, -0.15) is 0 Å². The number of halogens is 1. The molecule has 1 rings (SSSR count). The van der Waals surface area contributed by atoms with Crippen molar-refractivity contribution in [2.75, 3.05) is 0 Å². The maximum absolute atomic E-state index is 11.6. The molecule has 1 atom stereocenters. The number of carbonyl (C=O) groups excluding carboxylic acids is 1. The highest BCUT2D eigenvalue weighted by molar-refractivity contribution is 9.10. The Bertz CT molecular complexity index is 388. The lowest BCUT2D eigenvalue weighted by atomic mass is 10.2. The highest BCUT2D eigenvalue weighted by atomic mass is 79.9. The van der Waals surface area contributed by atoms with Gasteiger partial charge in [0.2, 0.25) is 0 Å². The molecule has 15 heavy (non-hydrogen) atoms. The fraction of sp³-hybridized carbons (Fsp3) is 0.250. The molecule has 4 N–H and O–H groups in total. The number of hydrogen-bond acceptors (Lipinski definition) is 4. The summed E-state index contributed by atoms with van der Waals surface area (Å²) in [4.78, 5) is 11.6. The number of rotatable bonds is 3. The molecule has 1 unspecified atom stereocenters. The first kappa shape index (κ1) is 11.6. The quantitative estimate of drug-likeness (QED) is 0.330. The fourth-order valence-electron chi connectivity index (χ4n) is 0.891. The van der Waals surface area contributed by atoms with Gasteiger partial charge in [0, 0.05) is 0 Å². The SMILES string of the molecule is CC(NC(=O)c1ccoc1Br)/C(N)=N/O. The van der Waals surface area contributed by atoms with Gasteiger partial charge in [0.15, 0.2) is 10.5 Å². The predicted octanol–water partition coefficient (Wildman–Crippen LogP) is 0.907. The summed E-state index contributed by atoms with van der Waals surface area (Å²) in [6, 6.07) is 0.961. The van der Waals surface area contributed by atoms with E-state index < -0.39 is 6.04 Å². The van der Waals surface area contributed by atoms with E-state index in [1.54, 1.807) is 6.92 Å². The average molecular weight is 276 g/mol. The van der Waals surface area contributed by atoms with E-state index in [4.69, 9.17) is 15.4 Å². The summed E-state index contributed by atoms with van der Waals surface area (Å²) in [6.07, 6.45) is 1.38. The molecule has 1 aromatic heterocycles. The molecule has 0 bridgehead atoms. The first-order chi connectivity index (χ1) is 7.06. The van der Waals surface area contributed by atoms with Crippen molar-refractivity contribution in [1.82, 2.24) is 5.32 Å². The summed E-state index contributed by atoms with van der Waals surface area (Å²) >= 11 is 3.07. The molecule has 1 amide bonds. The van der Waals surface area contributed by atoms with E-state index in [9.17, 15) is 4.79 Å². The van der Waals surface area contributed by atoms with Crippen LogP contribution in [-0.2, 0) is 0 Å². The van der Waals surface area contributed by atoms with Gasteiger partial charge in [-0.15, -0.1) is 0 Å². The minimum atomic E-state index is -0.552. The minimum absolute atomic E-state index is 0.0667. The average Bonchev–Trinajstić information content (AvgIpc) is 2.63. The second-order valence-corrected chi connectivity index (χ2v) is 3.55. The van der Waals surface area contributed by atoms with E-state index >= 15 is 0 Å². The van der Waals surface area contributed by atoms with E-state index in [2.05, 4.69) is 26.4 Å². The molecule has 0 aliphatic carbocycles. The van der Waals surface area contributed by atoms with Gasteiger partial charge < -0.3 is 20.7 Å². The van der Waals surface area contributed by atoms with Crippen LogP contribution in [-0.4, -0.2) is 23.0 Å². The van der Waals surface area contributed by atoms with Crippen molar-refractivity contribution >= 4 is 27.7 Å². The Morgan fingerprint density at radius 1 is 1.80 bits per heavy atom. The van der Waals surface area contributed by atoms with Crippen LogP contribution in [0.15, 0.2) is 26.6 Å². The van der Waals surface area contributed by atoms with Crippen LogP contribution in [0, 0.1) is 0 Å². The minimum Gasteiger partial charge on any atom is -0.457 e. The van der Waals surface area contributed by atoms with Gasteiger partial charge in [-0.1, -0.05) is 5.16 Å². The fourth-order valence-corrected chi connectivity index (χ4v) is 1.31. The number of amidine groups is 1. The van der Waals surface area contributed by atoms with Crippen molar-refractivity contribution in [2.45, 2.75) is 13.0 Å². The van der Waals surface area contributed by atoms with Gasteiger partial charge in [0.05, 0.1) is 17.9 Å². The number of nitrogens with one attached hydrogen (secondary N) is 1. The van der Waals surface area contributed by atoms with Crippen molar-refractivity contribution in [3.05, 3.63) is 22.6 Å². The van der Waals surface area contributed by atoms with Crippen molar-refractivity contribution in [3.8, 4) is 0 Å².